The van der Waals surface area contributed by atoms with Crippen LogP contribution in [0.1, 0.15) is 0 Å². The Labute approximate surface area is 27.2 Å². The van der Waals surface area contributed by atoms with Gasteiger partial charge in [-0.3, -0.25) is 0 Å². The fraction of sp³-hybridized carbons (Fsp3) is 0. The molecule has 0 aromatic rings. The maximum atomic E-state index is 8.33. The van der Waals surface area contributed by atoms with E-state index in [1.807, 2.05) is 0 Å². The van der Waals surface area contributed by atoms with Gasteiger partial charge in [0, 0.05) is 0 Å². The Kier molecular flexibility index (Phi) is 5.69. The number of hydrogen-bond acceptors (Lipinski definition) is 3. The average molecular weight is 79.0 g/mol. The van der Waals surface area contributed by atoms with E-state index in [1.165, 1.54) is 0 Å². The lowest BCUT2D eigenvalue weighted by Crippen LogP contribution is -3.00. The van der Waals surface area contributed by atoms with E-state index in [9.17, 15) is 0 Å². The van der Waals surface area contributed by atoms with Crippen LogP contribution in [0.2, 0.25) is 0 Å². The van der Waals surface area contributed by atoms with Crippen molar-refractivity contribution >= 4 is 6.16 Å². The van der Waals surface area contributed by atoms with E-state index in [0.717, 1.165) is 0 Å². The molecule has 3 nitrogen and oxygen atoms in total. The number of carbonyl (C=O) groups is 1. The number of carboxylic acid groups (broad SMARTS) is 2. The molecule has 0 aliphatic carbocycles. The Hall–Kier alpha value is -0.800. The standard InChI is InChI=1S/CH2O3.FH/c2-1(3)4;/h(H2,2,3,4);1H/p-3. The highest BCUT2D eigenvalue weighted by atomic mass is 19.0. The molecule has 0 aromatic carbocycles. The molecule has 0 bridgehead atoms. The quantitative estimate of drug-likeness (QED) is 0.291. The summed E-state index contributed by atoms with van der Waals surface area (Å²) in [4.78, 5) is 8.33. The van der Waals surface area contributed by atoms with E-state index >= 15 is 0 Å². The van der Waals surface area contributed by atoms with Gasteiger partial charge in [-0.1, -0.05) is 0 Å². The van der Waals surface area contributed by atoms with Crippen LogP contribution in [0, 0.1) is 0 Å². The van der Waals surface area contributed by atoms with Gasteiger partial charge in [0.15, 0.2) is 0 Å². The molecule has 32 valence electrons. The maximum Gasteiger partial charge on any atom is -0.0431 e. The summed E-state index contributed by atoms with van der Waals surface area (Å²) in [5, 5.41) is 16.7. The van der Waals surface area contributed by atoms with Crippen molar-refractivity contribution in [1.82, 2.24) is 0 Å². The summed E-state index contributed by atoms with van der Waals surface area (Å²) in [7, 11) is 0. The van der Waals surface area contributed by atoms with Gasteiger partial charge < -0.3 is 19.7 Å². The minimum atomic E-state index is -2.33. The summed E-state index contributed by atoms with van der Waals surface area (Å²) < 4.78 is 0. The van der Waals surface area contributed by atoms with Crippen LogP contribution in [0.5, 0.6) is 0 Å². The molecule has 0 aliphatic heterocycles. The highest BCUT2D eigenvalue weighted by Crippen LogP contribution is 1.21. The van der Waals surface area contributed by atoms with Crippen LogP contribution >= 0.6 is 0 Å². The van der Waals surface area contributed by atoms with Gasteiger partial charge in [-0.15, -0.1) is 0 Å². The molecule has 0 fully saturated rings. The first-order valence-electron chi connectivity index (χ1n) is 0.612. The van der Waals surface area contributed by atoms with Crippen molar-refractivity contribution in [2.45, 2.75) is 0 Å². The first kappa shape index (κ1) is 8.89. The highest BCUT2D eigenvalue weighted by molar-refractivity contribution is 5.47. The van der Waals surface area contributed by atoms with Crippen molar-refractivity contribution in [3.05, 3.63) is 0 Å². The molecular formula is CFO3-3. The van der Waals surface area contributed by atoms with Crippen molar-refractivity contribution in [3.8, 4) is 0 Å². The largest absolute Gasteiger partial charge is 1.00 e. The lowest BCUT2D eigenvalue weighted by molar-refractivity contribution is -0.415. The Morgan fingerprint density at radius 3 is 1.40 bits per heavy atom. The van der Waals surface area contributed by atoms with E-state index in [-0.39, 0.29) is 4.70 Å². The zero-order valence-electron chi connectivity index (χ0n) is 2.10. The lowest BCUT2D eigenvalue weighted by atomic mass is 11.5. The second-order valence-corrected chi connectivity index (χ2v) is 0.250. The minimum absolute atomic E-state index is 0. The molecule has 0 heterocycles. The highest BCUT2D eigenvalue weighted by Gasteiger charge is 1.26. The molecule has 0 spiro atoms. The zero-order chi connectivity index (χ0) is 3.58. The third-order valence-corrected chi connectivity index (χ3v) is 0. The van der Waals surface area contributed by atoms with Crippen LogP contribution < -0.4 is 14.9 Å². The summed E-state index contributed by atoms with van der Waals surface area (Å²) >= 11 is 0. The van der Waals surface area contributed by atoms with Crippen molar-refractivity contribution in [3.63, 3.8) is 0 Å². The van der Waals surface area contributed by atoms with Crippen LogP contribution in [0.15, 0.2) is 0 Å². The SMILES string of the molecule is O=C([O-])[O-].[F-]. The van der Waals surface area contributed by atoms with Gasteiger partial charge >= 0.3 is 0 Å². The van der Waals surface area contributed by atoms with E-state index in [1.54, 1.807) is 0 Å². The smallest absolute Gasteiger partial charge is 0.0431 e. The van der Waals surface area contributed by atoms with Crippen LogP contribution in [0.25, 0.3) is 0 Å². The predicted octanol–water partition coefficient (Wildman–Crippen LogP) is -5.44. The molecule has 4 heteroatoms. The van der Waals surface area contributed by atoms with Crippen LogP contribution in [-0.4, -0.2) is 6.16 Å². The van der Waals surface area contributed by atoms with Gasteiger partial charge in [0.2, 0.25) is 0 Å². The Bertz CT molecular complexity index is 29.9. The number of rotatable bonds is 0. The molecule has 0 aliphatic rings. The molecule has 0 saturated carbocycles. The van der Waals surface area contributed by atoms with Crippen molar-refractivity contribution < 1.29 is 19.7 Å². The number of carbonyl (C=O) groups excluding carboxylic acids is 1. The van der Waals surface area contributed by atoms with Gasteiger partial charge in [0.25, 0.3) is 0 Å². The second kappa shape index (κ2) is 3.20. The number of halogens is 1. The summed E-state index contributed by atoms with van der Waals surface area (Å²) in [5.74, 6) is 0. The topological polar surface area (TPSA) is 63.2 Å². The first-order valence-corrected chi connectivity index (χ1v) is 0.612. The van der Waals surface area contributed by atoms with Gasteiger partial charge in [-0.05, 0) is 6.16 Å². The molecule has 5 heavy (non-hydrogen) atoms. The van der Waals surface area contributed by atoms with Crippen LogP contribution in [-0.2, 0) is 0 Å². The van der Waals surface area contributed by atoms with E-state index < -0.39 is 6.16 Å². The van der Waals surface area contributed by atoms with Crippen molar-refractivity contribution in [2.75, 3.05) is 0 Å². The van der Waals surface area contributed by atoms with E-state index in [4.69, 9.17) is 15.0 Å². The summed E-state index contributed by atoms with van der Waals surface area (Å²) in [6, 6.07) is 0. The Balaban J connectivity index is 0. The van der Waals surface area contributed by atoms with Crippen molar-refractivity contribution in [1.29, 1.82) is 0 Å². The van der Waals surface area contributed by atoms with Gasteiger partial charge in [-0.2, -0.15) is 0 Å². The van der Waals surface area contributed by atoms with Gasteiger partial charge in [-0.25, -0.2) is 0 Å². The second-order valence-electron chi connectivity index (χ2n) is 0.250. The van der Waals surface area contributed by atoms with Gasteiger partial charge in [0.1, 0.15) is 0 Å². The fourth-order valence-corrected chi connectivity index (χ4v) is 0. The Morgan fingerprint density at radius 2 is 1.40 bits per heavy atom. The molecule has 0 aromatic heterocycles. The molecule has 0 unspecified atom stereocenters. The van der Waals surface area contributed by atoms with Crippen LogP contribution in [0.3, 0.4) is 0 Å². The third-order valence-electron chi connectivity index (χ3n) is 0. The minimum Gasteiger partial charge on any atom is -1.00 e. The Morgan fingerprint density at radius 1 is 1.40 bits per heavy atom. The zero-order valence-corrected chi connectivity index (χ0v) is 2.10. The fourth-order valence-electron chi connectivity index (χ4n) is 0. The molecule has 0 atom stereocenters. The normalized spacial score (nSPS) is 4.80. The molecule has 0 amide bonds. The van der Waals surface area contributed by atoms with E-state index in [2.05, 4.69) is 0 Å². The number of hydrogen-bond donors (Lipinski definition) is 0. The molecule has 0 radical (unpaired) electrons. The van der Waals surface area contributed by atoms with Crippen molar-refractivity contribution in [2.24, 2.45) is 0 Å². The molecule has 0 rings (SSSR count). The average Bonchev–Trinajstić information content (AvgIpc) is 0.811. The summed E-state index contributed by atoms with van der Waals surface area (Å²) in [5.41, 5.74) is 0. The molecular weight excluding hydrogens is 79.0 g/mol. The van der Waals surface area contributed by atoms with Gasteiger partial charge in [0.05, 0.1) is 0 Å². The molecule has 0 N–H and O–H groups in total. The molecule has 0 saturated heterocycles. The monoisotopic (exact) mass is 79.0 g/mol. The van der Waals surface area contributed by atoms with E-state index in [0.29, 0.717) is 0 Å². The first-order chi connectivity index (χ1) is 1.73. The lowest BCUT2D eigenvalue weighted by Gasteiger charge is -1.96. The maximum absolute atomic E-state index is 8.33. The summed E-state index contributed by atoms with van der Waals surface area (Å²) in [6.45, 7) is 0. The predicted molar refractivity (Wildman–Crippen MR) is 5.40 cm³/mol. The van der Waals surface area contributed by atoms with Crippen LogP contribution in [0.4, 0.5) is 4.79 Å². The third kappa shape index (κ3) is 7.20. The summed E-state index contributed by atoms with van der Waals surface area (Å²) in [6.07, 6.45) is -2.33.